The van der Waals surface area contributed by atoms with Gasteiger partial charge in [-0.15, -0.1) is 0 Å². The summed E-state index contributed by atoms with van der Waals surface area (Å²) < 4.78 is 1.84. The summed E-state index contributed by atoms with van der Waals surface area (Å²) >= 11 is 0. The molecule has 0 unspecified atom stereocenters. The molecule has 126 valence electrons. The zero-order chi connectivity index (χ0) is 17.4. The van der Waals surface area contributed by atoms with Gasteiger partial charge < -0.3 is 10.5 Å². The van der Waals surface area contributed by atoms with E-state index in [9.17, 15) is 4.79 Å². The minimum atomic E-state index is 0.189. The third kappa shape index (κ3) is 2.84. The van der Waals surface area contributed by atoms with E-state index >= 15 is 0 Å². The lowest BCUT2D eigenvalue weighted by atomic mass is 10.1. The van der Waals surface area contributed by atoms with E-state index in [1.165, 1.54) is 0 Å². The fraction of sp³-hybridized carbons (Fsp3) is 0.222. The van der Waals surface area contributed by atoms with Crippen LogP contribution in [0.15, 0.2) is 36.7 Å². The van der Waals surface area contributed by atoms with E-state index in [1.807, 2.05) is 35.1 Å². The third-order valence-corrected chi connectivity index (χ3v) is 4.24. The van der Waals surface area contributed by atoms with Crippen LogP contribution in [-0.4, -0.2) is 30.7 Å². The smallest absolute Gasteiger partial charge is 0.135 e. The highest BCUT2D eigenvalue weighted by Gasteiger charge is 2.12. The quantitative estimate of drug-likeness (QED) is 0.584. The van der Waals surface area contributed by atoms with Crippen molar-refractivity contribution >= 4 is 33.4 Å². The van der Waals surface area contributed by atoms with E-state index in [1.54, 1.807) is 13.1 Å². The predicted octanol–water partition coefficient (Wildman–Crippen LogP) is 2.93. The number of nitrogens with zero attached hydrogens (tertiary/aromatic N) is 4. The van der Waals surface area contributed by atoms with E-state index < -0.39 is 0 Å². The summed E-state index contributed by atoms with van der Waals surface area (Å²) in [5.74, 6) is 0.647. The monoisotopic (exact) mass is 334 g/mol. The number of benzene rings is 1. The van der Waals surface area contributed by atoms with Crippen LogP contribution in [0.1, 0.15) is 19.8 Å². The number of ketones is 1. The number of aryl methyl sites for hydroxylation is 1. The summed E-state index contributed by atoms with van der Waals surface area (Å²) in [6, 6.07) is 7.88. The molecular weight excluding hydrogens is 316 g/mol. The molecule has 3 heterocycles. The van der Waals surface area contributed by atoms with Gasteiger partial charge in [0, 0.05) is 36.3 Å². The number of hydrogen-bond donors (Lipinski definition) is 2. The molecular formula is C18H18N6O. The Balaban J connectivity index is 1.77. The lowest BCUT2D eigenvalue weighted by Gasteiger charge is -2.03. The highest BCUT2D eigenvalue weighted by molar-refractivity contribution is 6.08. The van der Waals surface area contributed by atoms with Gasteiger partial charge in [0.25, 0.3) is 0 Å². The Morgan fingerprint density at radius 3 is 2.92 bits per heavy atom. The predicted molar refractivity (Wildman–Crippen MR) is 96.9 cm³/mol. The maximum absolute atomic E-state index is 11.1. The van der Waals surface area contributed by atoms with Crippen LogP contribution in [-0.2, 0) is 11.3 Å². The van der Waals surface area contributed by atoms with Crippen LogP contribution >= 0.6 is 0 Å². The van der Waals surface area contributed by atoms with Crippen LogP contribution in [0, 0.1) is 0 Å². The molecule has 0 saturated heterocycles. The number of hydrogen-bond acceptors (Lipinski definition) is 5. The zero-order valence-corrected chi connectivity index (χ0v) is 13.9. The molecule has 0 aliphatic heterocycles. The van der Waals surface area contributed by atoms with Crippen LogP contribution in [0.5, 0.6) is 0 Å². The van der Waals surface area contributed by atoms with Crippen molar-refractivity contribution in [1.82, 2.24) is 25.0 Å². The summed E-state index contributed by atoms with van der Waals surface area (Å²) in [4.78, 5) is 15.6. The van der Waals surface area contributed by atoms with Crippen molar-refractivity contribution in [3.63, 3.8) is 0 Å². The standard InChI is InChI=1S/C18H18N6O/c1-11(25)3-2-8-24-10-14-17(23-24)13-5-4-12(15-6-7-20-22-15)9-16(13)21-18(14)19/h4-7,9-10H,2-3,8H2,1H3,(H2,19,21)(H,20,22). The molecule has 4 aromatic rings. The van der Waals surface area contributed by atoms with Gasteiger partial charge in [0.05, 0.1) is 16.6 Å². The highest BCUT2D eigenvalue weighted by atomic mass is 16.1. The second kappa shape index (κ2) is 6.01. The number of H-pyrrole nitrogens is 1. The molecule has 0 aliphatic carbocycles. The van der Waals surface area contributed by atoms with Gasteiger partial charge in [-0.1, -0.05) is 6.07 Å². The molecule has 0 saturated carbocycles. The number of aromatic amines is 1. The third-order valence-electron chi connectivity index (χ3n) is 4.24. The van der Waals surface area contributed by atoms with Crippen LogP contribution in [0.3, 0.4) is 0 Å². The van der Waals surface area contributed by atoms with E-state index in [4.69, 9.17) is 5.73 Å². The van der Waals surface area contributed by atoms with E-state index in [2.05, 4.69) is 20.3 Å². The summed E-state index contributed by atoms with van der Waals surface area (Å²) in [5.41, 5.74) is 9.60. The molecule has 0 atom stereocenters. The van der Waals surface area contributed by atoms with Crippen molar-refractivity contribution in [2.24, 2.45) is 0 Å². The molecule has 0 bridgehead atoms. The molecule has 0 spiro atoms. The molecule has 25 heavy (non-hydrogen) atoms. The topological polar surface area (TPSA) is 102 Å². The van der Waals surface area contributed by atoms with Crippen LogP contribution < -0.4 is 5.73 Å². The van der Waals surface area contributed by atoms with Gasteiger partial charge >= 0.3 is 0 Å². The van der Waals surface area contributed by atoms with Crippen LogP contribution in [0.2, 0.25) is 0 Å². The first kappa shape index (κ1) is 15.3. The number of Topliss-reactive ketones (excluding diaryl/α,β-unsaturated/α-hetero) is 1. The molecule has 1 aromatic carbocycles. The Labute approximate surface area is 143 Å². The number of pyridine rings is 1. The van der Waals surface area contributed by atoms with Gasteiger partial charge in [0.2, 0.25) is 0 Å². The van der Waals surface area contributed by atoms with Gasteiger partial charge in [0.15, 0.2) is 0 Å². The SMILES string of the molecule is CC(=O)CCCn1cc2c(N)nc3cc(-c4cc[nH]n4)ccc3c2n1. The Hall–Kier alpha value is -3.22. The van der Waals surface area contributed by atoms with Crippen molar-refractivity contribution in [3.8, 4) is 11.3 Å². The number of carbonyl (C=O) groups excluding carboxylic acids is 1. The molecule has 7 heteroatoms. The maximum Gasteiger partial charge on any atom is 0.135 e. The molecule has 3 N–H and O–H groups in total. The van der Waals surface area contributed by atoms with Crippen molar-refractivity contribution in [1.29, 1.82) is 0 Å². The summed E-state index contributed by atoms with van der Waals surface area (Å²) in [6.45, 7) is 2.28. The van der Waals surface area contributed by atoms with E-state index in [0.29, 0.717) is 18.8 Å². The average Bonchev–Trinajstić information content (AvgIpc) is 3.24. The number of rotatable bonds is 5. The van der Waals surface area contributed by atoms with Gasteiger partial charge in [0.1, 0.15) is 17.1 Å². The summed E-state index contributed by atoms with van der Waals surface area (Å²) in [7, 11) is 0. The number of anilines is 1. The number of nitrogen functional groups attached to an aromatic ring is 1. The Morgan fingerprint density at radius 1 is 1.28 bits per heavy atom. The maximum atomic E-state index is 11.1. The number of carbonyl (C=O) groups is 1. The lowest BCUT2D eigenvalue weighted by Crippen LogP contribution is -2.00. The largest absolute Gasteiger partial charge is 0.383 e. The molecule has 3 aromatic heterocycles. The van der Waals surface area contributed by atoms with Crippen molar-refractivity contribution in [3.05, 3.63) is 36.7 Å². The molecule has 7 nitrogen and oxygen atoms in total. The highest BCUT2D eigenvalue weighted by Crippen LogP contribution is 2.29. The van der Waals surface area contributed by atoms with Gasteiger partial charge in [-0.05, 0) is 31.5 Å². The van der Waals surface area contributed by atoms with E-state index in [0.717, 1.165) is 39.5 Å². The van der Waals surface area contributed by atoms with Crippen molar-refractivity contribution in [2.45, 2.75) is 26.3 Å². The van der Waals surface area contributed by atoms with Gasteiger partial charge in [-0.25, -0.2) is 4.98 Å². The Kier molecular flexibility index (Phi) is 3.68. The molecule has 0 amide bonds. The summed E-state index contributed by atoms with van der Waals surface area (Å²) in [5, 5.41) is 13.5. The average molecular weight is 334 g/mol. The molecule has 0 fully saturated rings. The fourth-order valence-corrected chi connectivity index (χ4v) is 3.01. The number of nitrogens with one attached hydrogen (secondary N) is 1. The lowest BCUT2D eigenvalue weighted by molar-refractivity contribution is -0.117. The van der Waals surface area contributed by atoms with E-state index in [-0.39, 0.29) is 5.78 Å². The minimum absolute atomic E-state index is 0.189. The summed E-state index contributed by atoms with van der Waals surface area (Å²) in [6.07, 6.45) is 5.00. The number of nitrogens with two attached hydrogens (primary N) is 1. The zero-order valence-electron chi connectivity index (χ0n) is 13.9. The van der Waals surface area contributed by atoms with Crippen LogP contribution in [0.4, 0.5) is 5.82 Å². The van der Waals surface area contributed by atoms with Crippen LogP contribution in [0.25, 0.3) is 33.1 Å². The second-order valence-corrected chi connectivity index (χ2v) is 6.15. The number of fused-ring (bicyclic) bond motifs is 3. The Morgan fingerprint density at radius 2 is 2.16 bits per heavy atom. The van der Waals surface area contributed by atoms with Crippen molar-refractivity contribution in [2.75, 3.05) is 5.73 Å². The first-order chi connectivity index (χ1) is 12.1. The second-order valence-electron chi connectivity index (χ2n) is 6.15. The first-order valence-electron chi connectivity index (χ1n) is 8.18. The molecule has 0 aliphatic rings. The molecule has 4 rings (SSSR count). The first-order valence-corrected chi connectivity index (χ1v) is 8.18. The molecule has 0 radical (unpaired) electrons. The Bertz CT molecular complexity index is 1060. The normalized spacial score (nSPS) is 11.4. The number of aromatic nitrogens is 5. The van der Waals surface area contributed by atoms with Gasteiger partial charge in [-0.2, -0.15) is 10.2 Å². The van der Waals surface area contributed by atoms with Crippen molar-refractivity contribution < 1.29 is 4.79 Å². The minimum Gasteiger partial charge on any atom is -0.383 e. The fourth-order valence-electron chi connectivity index (χ4n) is 3.01. The van der Waals surface area contributed by atoms with Gasteiger partial charge in [-0.3, -0.25) is 9.78 Å².